The molecule has 0 aliphatic carbocycles. The van der Waals surface area contributed by atoms with Crippen LogP contribution in [0.3, 0.4) is 0 Å². The van der Waals surface area contributed by atoms with E-state index in [1.165, 1.54) is 12.1 Å². The first-order chi connectivity index (χ1) is 12.4. The monoisotopic (exact) mass is 377 g/mol. The largest absolute Gasteiger partial charge is 0.432 e. The molecule has 2 aromatic heterocycles. The lowest BCUT2D eigenvalue weighted by Crippen LogP contribution is -2.12. The molecule has 0 spiro atoms. The molecular formula is C20H19F4N3. The van der Waals surface area contributed by atoms with Gasteiger partial charge in [-0.3, -0.25) is 5.10 Å². The fourth-order valence-electron chi connectivity index (χ4n) is 2.75. The highest BCUT2D eigenvalue weighted by molar-refractivity contribution is 5.68. The van der Waals surface area contributed by atoms with Crippen molar-refractivity contribution in [2.75, 3.05) is 0 Å². The molecule has 142 valence electrons. The molecule has 0 radical (unpaired) electrons. The smallest absolute Gasteiger partial charge is 0.273 e. The molecule has 3 aromatic rings. The molecule has 0 bridgehead atoms. The summed E-state index contributed by atoms with van der Waals surface area (Å²) in [6.45, 7) is 7.76. The lowest BCUT2D eigenvalue weighted by molar-refractivity contribution is -0.141. The van der Waals surface area contributed by atoms with E-state index in [-0.39, 0.29) is 16.9 Å². The Labute approximate surface area is 154 Å². The molecule has 2 heterocycles. The number of benzene rings is 1. The van der Waals surface area contributed by atoms with Crippen LogP contribution in [0, 0.1) is 12.7 Å². The summed E-state index contributed by atoms with van der Waals surface area (Å²) in [5.74, 6) is -0.356. The molecule has 0 saturated heterocycles. The Morgan fingerprint density at radius 3 is 2.11 bits per heavy atom. The second-order valence-electron chi connectivity index (χ2n) is 7.50. The molecule has 0 saturated carbocycles. The summed E-state index contributed by atoms with van der Waals surface area (Å²) in [6.07, 6.45) is -4.51. The van der Waals surface area contributed by atoms with Gasteiger partial charge in [-0.1, -0.05) is 20.8 Å². The van der Waals surface area contributed by atoms with Crippen molar-refractivity contribution in [2.45, 2.75) is 39.3 Å². The number of aromatic amines is 1. The van der Waals surface area contributed by atoms with E-state index in [4.69, 9.17) is 0 Å². The lowest BCUT2D eigenvalue weighted by atomic mass is 9.85. The first kappa shape index (κ1) is 19.1. The van der Waals surface area contributed by atoms with Crippen LogP contribution in [0.15, 0.2) is 36.4 Å². The molecule has 1 N–H and O–H groups in total. The highest BCUT2D eigenvalue weighted by Gasteiger charge is 2.33. The molecule has 0 aliphatic heterocycles. The van der Waals surface area contributed by atoms with E-state index in [0.717, 1.165) is 17.2 Å². The van der Waals surface area contributed by atoms with Crippen molar-refractivity contribution >= 4 is 0 Å². The highest BCUT2D eigenvalue weighted by atomic mass is 19.4. The average Bonchev–Trinajstić information content (AvgIpc) is 3.04. The van der Waals surface area contributed by atoms with Crippen LogP contribution in [0.25, 0.3) is 22.6 Å². The van der Waals surface area contributed by atoms with Crippen molar-refractivity contribution < 1.29 is 17.6 Å². The Bertz CT molecular complexity index is 982. The summed E-state index contributed by atoms with van der Waals surface area (Å²) in [5.41, 5.74) is 2.10. The number of halogens is 4. The van der Waals surface area contributed by atoms with Gasteiger partial charge in [0, 0.05) is 5.56 Å². The van der Waals surface area contributed by atoms with Gasteiger partial charge in [-0.25, -0.2) is 9.37 Å². The van der Waals surface area contributed by atoms with Gasteiger partial charge < -0.3 is 0 Å². The summed E-state index contributed by atoms with van der Waals surface area (Å²) >= 11 is 0. The van der Waals surface area contributed by atoms with Crippen molar-refractivity contribution in [1.82, 2.24) is 15.2 Å². The Hall–Kier alpha value is -2.70. The first-order valence-electron chi connectivity index (χ1n) is 8.37. The zero-order valence-electron chi connectivity index (χ0n) is 15.4. The number of hydrogen-bond donors (Lipinski definition) is 1. The average molecular weight is 377 g/mol. The van der Waals surface area contributed by atoms with Crippen LogP contribution in [0.1, 0.15) is 37.6 Å². The maximum Gasteiger partial charge on any atom is 0.432 e. The number of H-pyrrole nitrogens is 1. The van der Waals surface area contributed by atoms with E-state index >= 15 is 0 Å². The fraction of sp³-hybridized carbons (Fsp3) is 0.300. The van der Waals surface area contributed by atoms with Gasteiger partial charge in [-0.05, 0) is 59.9 Å². The minimum Gasteiger partial charge on any atom is -0.273 e. The summed E-state index contributed by atoms with van der Waals surface area (Å²) in [5, 5.41) is 5.80. The van der Waals surface area contributed by atoms with Gasteiger partial charge in [0.1, 0.15) is 17.2 Å². The van der Waals surface area contributed by atoms with Crippen LogP contribution in [-0.2, 0) is 11.6 Å². The number of hydrogen-bond acceptors (Lipinski definition) is 2. The SMILES string of the molecule is Cc1cc(F)ccc1-c1cc(C(C)(C)C)cc(-c2cc(C(F)(F)F)[nH]n2)n1. The molecule has 0 unspecified atom stereocenters. The van der Waals surface area contributed by atoms with Gasteiger partial charge in [-0.15, -0.1) is 0 Å². The molecule has 0 amide bonds. The van der Waals surface area contributed by atoms with Crippen molar-refractivity contribution in [1.29, 1.82) is 0 Å². The van der Waals surface area contributed by atoms with Gasteiger partial charge in [0.25, 0.3) is 0 Å². The molecular weight excluding hydrogens is 358 g/mol. The Morgan fingerprint density at radius 1 is 0.889 bits per heavy atom. The number of nitrogens with zero attached hydrogens (tertiary/aromatic N) is 2. The maximum absolute atomic E-state index is 13.4. The summed E-state index contributed by atoms with van der Waals surface area (Å²) in [6, 6.07) is 8.91. The van der Waals surface area contributed by atoms with E-state index in [2.05, 4.69) is 10.1 Å². The van der Waals surface area contributed by atoms with Crippen LogP contribution in [0.2, 0.25) is 0 Å². The van der Waals surface area contributed by atoms with Crippen molar-refractivity contribution in [3.05, 3.63) is 59.0 Å². The second kappa shape index (κ2) is 6.48. The number of rotatable bonds is 2. The maximum atomic E-state index is 13.4. The topological polar surface area (TPSA) is 41.6 Å². The van der Waals surface area contributed by atoms with Crippen LogP contribution >= 0.6 is 0 Å². The number of aryl methyl sites for hydroxylation is 1. The summed E-state index contributed by atoms with van der Waals surface area (Å²) < 4.78 is 52.1. The van der Waals surface area contributed by atoms with Gasteiger partial charge in [0.15, 0.2) is 0 Å². The van der Waals surface area contributed by atoms with E-state index in [1.807, 2.05) is 31.9 Å². The van der Waals surface area contributed by atoms with Crippen LogP contribution < -0.4 is 0 Å². The van der Waals surface area contributed by atoms with Crippen LogP contribution in [-0.4, -0.2) is 15.2 Å². The standard InChI is InChI=1S/C20H19F4N3/c1-11-7-13(21)5-6-14(11)15-8-12(19(2,3)4)9-16(25-15)17-10-18(27-26-17)20(22,23)24/h5-10H,1-4H3,(H,26,27). The van der Waals surface area contributed by atoms with Gasteiger partial charge in [-0.2, -0.15) is 18.3 Å². The third kappa shape index (κ3) is 4.02. The zero-order valence-corrected chi connectivity index (χ0v) is 15.4. The first-order valence-corrected chi connectivity index (χ1v) is 8.37. The fourth-order valence-corrected chi connectivity index (χ4v) is 2.75. The highest BCUT2D eigenvalue weighted by Crippen LogP contribution is 2.34. The number of nitrogens with one attached hydrogen (secondary N) is 1. The minimum atomic E-state index is -4.51. The number of pyridine rings is 1. The Balaban J connectivity index is 2.19. The van der Waals surface area contributed by atoms with Crippen LogP contribution in [0.5, 0.6) is 0 Å². The summed E-state index contributed by atoms with van der Waals surface area (Å²) in [4.78, 5) is 4.50. The molecule has 0 fully saturated rings. The van der Waals surface area contributed by atoms with Gasteiger partial charge in [0.2, 0.25) is 0 Å². The van der Waals surface area contributed by atoms with Crippen molar-refractivity contribution in [3.8, 4) is 22.6 Å². The van der Waals surface area contributed by atoms with Crippen LogP contribution in [0.4, 0.5) is 17.6 Å². The van der Waals surface area contributed by atoms with Crippen molar-refractivity contribution in [3.63, 3.8) is 0 Å². The second-order valence-corrected chi connectivity index (χ2v) is 7.50. The molecule has 0 aliphatic rings. The zero-order chi connectivity index (χ0) is 20.0. The minimum absolute atomic E-state index is 0.106. The predicted molar refractivity (Wildman–Crippen MR) is 95.7 cm³/mol. The molecule has 27 heavy (non-hydrogen) atoms. The number of alkyl halides is 3. The van der Waals surface area contributed by atoms with E-state index < -0.39 is 11.9 Å². The van der Waals surface area contributed by atoms with E-state index in [9.17, 15) is 17.6 Å². The predicted octanol–water partition coefficient (Wildman–Crippen LogP) is 5.90. The lowest BCUT2D eigenvalue weighted by Gasteiger charge is -2.21. The van der Waals surface area contributed by atoms with E-state index in [1.54, 1.807) is 19.1 Å². The molecule has 3 nitrogen and oxygen atoms in total. The van der Waals surface area contributed by atoms with E-state index in [0.29, 0.717) is 17.0 Å². The quantitative estimate of drug-likeness (QED) is 0.565. The summed E-state index contributed by atoms with van der Waals surface area (Å²) in [7, 11) is 0. The van der Waals surface area contributed by atoms with Crippen molar-refractivity contribution in [2.24, 2.45) is 0 Å². The molecule has 0 atom stereocenters. The third-order valence-corrected chi connectivity index (χ3v) is 4.30. The van der Waals surface area contributed by atoms with Gasteiger partial charge >= 0.3 is 6.18 Å². The molecule has 1 aromatic carbocycles. The Kier molecular flexibility index (Phi) is 4.57. The Morgan fingerprint density at radius 2 is 1.56 bits per heavy atom. The van der Waals surface area contributed by atoms with Gasteiger partial charge in [0.05, 0.1) is 11.4 Å². The third-order valence-electron chi connectivity index (χ3n) is 4.30. The molecule has 3 rings (SSSR count). The number of aromatic nitrogens is 3. The normalized spacial score (nSPS) is 12.4. The molecule has 7 heteroatoms.